The molecule has 4 nitrogen and oxygen atoms in total. The Bertz CT molecular complexity index is 1100. The lowest BCUT2D eigenvalue weighted by atomic mass is 9.77. The van der Waals surface area contributed by atoms with Crippen molar-refractivity contribution in [3.63, 3.8) is 0 Å². The maximum absolute atomic E-state index is 12.7. The van der Waals surface area contributed by atoms with Crippen molar-refractivity contribution >= 4 is 30.7 Å². The van der Waals surface area contributed by atoms with Crippen molar-refractivity contribution in [2.75, 3.05) is 6.61 Å². The highest BCUT2D eigenvalue weighted by Gasteiger charge is 2.37. The van der Waals surface area contributed by atoms with Crippen LogP contribution in [0.4, 0.5) is 0 Å². The Morgan fingerprint density at radius 2 is 1.34 bits per heavy atom. The molecule has 1 aliphatic carbocycles. The highest BCUT2D eigenvalue weighted by molar-refractivity contribution is 6.96. The third-order valence-corrected chi connectivity index (χ3v) is 21.8. The van der Waals surface area contributed by atoms with E-state index in [-0.39, 0.29) is 5.97 Å². The topological polar surface area (TPSA) is 44.8 Å². The van der Waals surface area contributed by atoms with Crippen LogP contribution in [0.3, 0.4) is 0 Å². The van der Waals surface area contributed by atoms with Crippen LogP contribution in [0.25, 0.3) is 0 Å². The molecule has 44 heavy (non-hydrogen) atoms. The Balaban J connectivity index is 1.32. The number of benzene rings is 2. The average molecular weight is 655 g/mol. The number of ether oxygens (including phenoxy) is 2. The van der Waals surface area contributed by atoms with E-state index in [0.29, 0.717) is 23.8 Å². The normalized spacial score (nSPS) is 18.9. The predicted octanol–water partition coefficient (Wildman–Crippen LogP) is 11.6. The van der Waals surface area contributed by atoms with Crippen LogP contribution in [-0.4, -0.2) is 37.3 Å². The monoisotopic (exact) mass is 654 g/mol. The molecule has 2 aromatic carbocycles. The molecule has 0 spiro atoms. The van der Waals surface area contributed by atoms with E-state index in [0.717, 1.165) is 18.1 Å². The molecule has 0 aliphatic heterocycles. The third-order valence-electron chi connectivity index (χ3n) is 8.77. The van der Waals surface area contributed by atoms with Gasteiger partial charge >= 0.3 is 5.97 Å². The van der Waals surface area contributed by atoms with Crippen LogP contribution in [0.1, 0.15) is 99.4 Å². The zero-order valence-electron chi connectivity index (χ0n) is 29.3. The van der Waals surface area contributed by atoms with Gasteiger partial charge in [-0.25, -0.2) is 4.79 Å². The van der Waals surface area contributed by atoms with E-state index < -0.39 is 24.7 Å². The number of hydrogen-bond donors (Lipinski definition) is 0. The highest BCUT2D eigenvalue weighted by atomic mass is 28.4. The molecule has 1 fully saturated rings. The van der Waals surface area contributed by atoms with Gasteiger partial charge in [-0.15, -0.1) is 0 Å². The standard InChI is InChI=1S/C37H62O4Si3/c1-9-15-31-16-18-32(19-17-31)33-20-26-36(27-21-33)40-37(38)34-22-24-35(25-23-34)39-28-13-11-10-12-14-29-44(8,30-42(2,3)4)41-43(5,6)7/h20-27,31-32H,9-19,28-30H2,1-8H3. The van der Waals surface area contributed by atoms with Crippen LogP contribution in [0.2, 0.25) is 57.5 Å². The fourth-order valence-electron chi connectivity index (χ4n) is 7.21. The SMILES string of the molecule is CCCC1CCC(c2ccc(OC(=O)c3ccc(OCCCCCCC[Si](C)(C[Si](C)(C)C)O[Si](C)(C)C)cc3)cc2)CC1. The summed E-state index contributed by atoms with van der Waals surface area (Å²) < 4.78 is 18.5. The maximum Gasteiger partial charge on any atom is 0.343 e. The van der Waals surface area contributed by atoms with Gasteiger partial charge in [0.2, 0.25) is 0 Å². The van der Waals surface area contributed by atoms with Gasteiger partial charge in [0.05, 0.1) is 12.2 Å². The molecule has 1 saturated carbocycles. The summed E-state index contributed by atoms with van der Waals surface area (Å²) in [5, 5.41) is 0. The largest absolute Gasteiger partial charge is 0.494 e. The van der Waals surface area contributed by atoms with E-state index in [1.807, 2.05) is 24.3 Å². The molecule has 1 unspecified atom stereocenters. The second-order valence-electron chi connectivity index (χ2n) is 15.8. The second-order valence-corrected chi connectivity index (χ2v) is 30.7. The Kier molecular flexibility index (Phi) is 14.5. The van der Waals surface area contributed by atoms with Crippen molar-refractivity contribution in [1.82, 2.24) is 0 Å². The summed E-state index contributed by atoms with van der Waals surface area (Å²) in [7, 11) is -4.26. The van der Waals surface area contributed by atoms with Gasteiger partial charge < -0.3 is 13.6 Å². The third kappa shape index (κ3) is 13.8. The fraction of sp³-hybridized carbons (Fsp3) is 0.649. The second kappa shape index (κ2) is 17.3. The van der Waals surface area contributed by atoms with Crippen LogP contribution < -0.4 is 9.47 Å². The van der Waals surface area contributed by atoms with E-state index >= 15 is 0 Å². The van der Waals surface area contributed by atoms with Crippen LogP contribution in [-0.2, 0) is 4.12 Å². The van der Waals surface area contributed by atoms with Crippen molar-refractivity contribution in [2.45, 2.75) is 141 Å². The molecule has 0 bridgehead atoms. The molecule has 0 amide bonds. The van der Waals surface area contributed by atoms with E-state index in [1.54, 1.807) is 12.1 Å². The smallest absolute Gasteiger partial charge is 0.343 e. The van der Waals surface area contributed by atoms with E-state index in [9.17, 15) is 4.79 Å². The van der Waals surface area contributed by atoms with Gasteiger partial charge in [0.15, 0.2) is 16.6 Å². The van der Waals surface area contributed by atoms with Gasteiger partial charge in [-0.05, 0) is 124 Å². The minimum Gasteiger partial charge on any atom is -0.494 e. The first-order valence-corrected chi connectivity index (χ1v) is 27.4. The van der Waals surface area contributed by atoms with E-state index in [2.05, 4.69) is 64.9 Å². The zero-order chi connectivity index (χ0) is 32.2. The van der Waals surface area contributed by atoms with Gasteiger partial charge in [-0.2, -0.15) is 0 Å². The Labute approximate surface area is 272 Å². The molecule has 246 valence electrons. The Morgan fingerprint density at radius 3 is 1.93 bits per heavy atom. The van der Waals surface area contributed by atoms with Gasteiger partial charge in [0.25, 0.3) is 0 Å². The summed E-state index contributed by atoms with van der Waals surface area (Å²) in [6.07, 6.45) is 13.9. The summed E-state index contributed by atoms with van der Waals surface area (Å²) in [6, 6.07) is 16.8. The first-order valence-electron chi connectivity index (χ1n) is 17.5. The number of unbranched alkanes of at least 4 members (excludes halogenated alkanes) is 4. The van der Waals surface area contributed by atoms with E-state index in [4.69, 9.17) is 13.6 Å². The highest BCUT2D eigenvalue weighted by Crippen LogP contribution is 2.38. The first-order chi connectivity index (χ1) is 20.8. The van der Waals surface area contributed by atoms with Crippen LogP contribution in [0.15, 0.2) is 48.5 Å². The fourth-order valence-corrected chi connectivity index (χ4v) is 25.2. The molecule has 1 aliphatic rings. The molecular formula is C37H62O4Si3. The number of rotatable bonds is 18. The number of carbonyl (C=O) groups excluding carboxylic acids is 1. The summed E-state index contributed by atoms with van der Waals surface area (Å²) in [4.78, 5) is 12.7. The lowest BCUT2D eigenvalue weighted by molar-refractivity contribution is 0.0734. The van der Waals surface area contributed by atoms with Crippen LogP contribution >= 0.6 is 0 Å². The molecular weight excluding hydrogens is 593 g/mol. The molecule has 0 radical (unpaired) electrons. The van der Waals surface area contributed by atoms with Gasteiger partial charge in [0.1, 0.15) is 11.5 Å². The van der Waals surface area contributed by atoms with Crippen molar-refractivity contribution < 1.29 is 18.4 Å². The van der Waals surface area contributed by atoms with E-state index in [1.165, 1.54) is 81.5 Å². The summed E-state index contributed by atoms with van der Waals surface area (Å²) >= 11 is 0. The molecule has 0 heterocycles. The van der Waals surface area contributed by atoms with Crippen LogP contribution in [0, 0.1) is 5.92 Å². The Hall–Kier alpha value is -1.68. The maximum atomic E-state index is 12.7. The first kappa shape index (κ1) is 36.8. The summed E-state index contributed by atoms with van der Waals surface area (Å²) in [5.74, 6) is 2.62. The van der Waals surface area contributed by atoms with Crippen molar-refractivity contribution in [1.29, 1.82) is 0 Å². The number of hydrogen-bond acceptors (Lipinski definition) is 4. The quantitative estimate of drug-likeness (QED) is 0.0694. The van der Waals surface area contributed by atoms with Gasteiger partial charge in [-0.1, -0.05) is 77.2 Å². The zero-order valence-corrected chi connectivity index (χ0v) is 32.3. The molecule has 0 N–H and O–H groups in total. The average Bonchev–Trinajstić information content (AvgIpc) is 2.94. The molecule has 1 atom stereocenters. The van der Waals surface area contributed by atoms with Gasteiger partial charge in [0, 0.05) is 8.07 Å². The molecule has 0 aromatic heterocycles. The molecule has 7 heteroatoms. The summed E-state index contributed by atoms with van der Waals surface area (Å²) in [6.45, 7) is 20.0. The summed E-state index contributed by atoms with van der Waals surface area (Å²) in [5.41, 5.74) is 3.29. The van der Waals surface area contributed by atoms with Crippen molar-refractivity contribution in [2.24, 2.45) is 5.92 Å². The van der Waals surface area contributed by atoms with Crippen LogP contribution in [0.5, 0.6) is 11.5 Å². The minimum absolute atomic E-state index is 0.330. The number of esters is 1. The van der Waals surface area contributed by atoms with Crippen molar-refractivity contribution in [3.05, 3.63) is 59.7 Å². The van der Waals surface area contributed by atoms with Crippen molar-refractivity contribution in [3.8, 4) is 11.5 Å². The molecule has 2 aromatic rings. The van der Waals surface area contributed by atoms with Gasteiger partial charge in [-0.3, -0.25) is 0 Å². The lowest BCUT2D eigenvalue weighted by Crippen LogP contribution is -2.49. The predicted molar refractivity (Wildman–Crippen MR) is 195 cm³/mol. The number of carbonyl (C=O) groups is 1. The molecule has 3 rings (SSSR count). The Morgan fingerprint density at radius 1 is 0.750 bits per heavy atom. The molecule has 0 saturated heterocycles. The minimum atomic E-state index is -1.62. The lowest BCUT2D eigenvalue weighted by Gasteiger charge is -2.38.